The van der Waals surface area contributed by atoms with Gasteiger partial charge in [0.15, 0.2) is 28.4 Å². The van der Waals surface area contributed by atoms with Crippen molar-refractivity contribution in [2.24, 2.45) is 0 Å². The number of nitrogens with zero attached hydrogens (tertiary/aromatic N) is 3. The fourth-order valence-electron chi connectivity index (χ4n) is 3.16. The maximum atomic E-state index is 13.5. The molecule has 1 heterocycles. The average Bonchev–Trinajstić information content (AvgIpc) is 3.28. The van der Waals surface area contributed by atoms with Crippen LogP contribution in [0, 0.1) is 11.6 Å². The zero-order chi connectivity index (χ0) is 23.4. The molecule has 6 nitrogen and oxygen atoms in total. The summed E-state index contributed by atoms with van der Waals surface area (Å²) in [7, 11) is 3.17. The van der Waals surface area contributed by atoms with Crippen molar-refractivity contribution in [1.29, 1.82) is 0 Å². The maximum absolute atomic E-state index is 13.5. The van der Waals surface area contributed by atoms with Gasteiger partial charge in [0.25, 0.3) is 0 Å². The Hall–Kier alpha value is -3.72. The number of benzene rings is 3. The molecular formula is C24H19F2N3O3S. The van der Waals surface area contributed by atoms with Crippen molar-refractivity contribution in [2.75, 3.05) is 20.0 Å². The highest BCUT2D eigenvalue weighted by Crippen LogP contribution is 2.30. The lowest BCUT2D eigenvalue weighted by Crippen LogP contribution is -2.06. The molecule has 0 spiro atoms. The van der Waals surface area contributed by atoms with Crippen molar-refractivity contribution in [2.45, 2.75) is 5.16 Å². The molecule has 0 aliphatic rings. The van der Waals surface area contributed by atoms with E-state index in [0.717, 1.165) is 35.1 Å². The number of hydrogen-bond acceptors (Lipinski definition) is 6. The van der Waals surface area contributed by atoms with Crippen LogP contribution in [0.1, 0.15) is 10.4 Å². The standard InChI is InChI=1S/C24H19F2N3O3S/c1-31-18-9-7-17(8-10-18)29-23(16-4-3-5-19(12-16)32-2)27-28-24(29)33-14-22(30)15-6-11-20(25)21(26)13-15/h3-13H,14H2,1-2H3. The minimum absolute atomic E-state index is 0.0303. The predicted molar refractivity (Wildman–Crippen MR) is 121 cm³/mol. The SMILES string of the molecule is COc1ccc(-n2c(SCC(=O)c3ccc(F)c(F)c3)nnc2-c2cccc(OC)c2)cc1. The number of carbonyl (C=O) groups is 1. The highest BCUT2D eigenvalue weighted by molar-refractivity contribution is 7.99. The Morgan fingerprint density at radius 2 is 1.67 bits per heavy atom. The molecule has 0 saturated heterocycles. The first-order valence-electron chi connectivity index (χ1n) is 9.85. The van der Waals surface area contributed by atoms with E-state index in [9.17, 15) is 13.6 Å². The van der Waals surface area contributed by atoms with Crippen LogP contribution in [-0.4, -0.2) is 40.5 Å². The molecule has 3 aromatic carbocycles. The first-order valence-corrected chi connectivity index (χ1v) is 10.8. The number of Topliss-reactive ketones (excluding diaryl/α,β-unsaturated/α-hetero) is 1. The van der Waals surface area contributed by atoms with Gasteiger partial charge in [0, 0.05) is 16.8 Å². The van der Waals surface area contributed by atoms with E-state index >= 15 is 0 Å². The molecule has 0 radical (unpaired) electrons. The number of carbonyl (C=O) groups excluding carboxylic acids is 1. The van der Waals surface area contributed by atoms with Gasteiger partial charge >= 0.3 is 0 Å². The summed E-state index contributed by atoms with van der Waals surface area (Å²) in [6.45, 7) is 0. The first-order chi connectivity index (χ1) is 16.0. The summed E-state index contributed by atoms with van der Waals surface area (Å²) >= 11 is 1.15. The molecule has 4 aromatic rings. The molecule has 0 aliphatic heterocycles. The van der Waals surface area contributed by atoms with Gasteiger partial charge in [0.2, 0.25) is 0 Å². The van der Waals surface area contributed by atoms with Crippen LogP contribution >= 0.6 is 11.8 Å². The van der Waals surface area contributed by atoms with Gasteiger partial charge in [0.1, 0.15) is 11.5 Å². The molecule has 0 bridgehead atoms. The van der Waals surface area contributed by atoms with Gasteiger partial charge in [-0.05, 0) is 54.6 Å². The molecule has 0 atom stereocenters. The Morgan fingerprint density at radius 3 is 2.36 bits per heavy atom. The van der Waals surface area contributed by atoms with Gasteiger partial charge in [-0.15, -0.1) is 10.2 Å². The molecule has 0 N–H and O–H groups in total. The molecule has 4 rings (SSSR count). The molecule has 0 fully saturated rings. The zero-order valence-electron chi connectivity index (χ0n) is 17.8. The molecule has 0 amide bonds. The number of aromatic nitrogens is 3. The van der Waals surface area contributed by atoms with Crippen LogP contribution < -0.4 is 9.47 Å². The topological polar surface area (TPSA) is 66.2 Å². The quantitative estimate of drug-likeness (QED) is 0.262. The minimum Gasteiger partial charge on any atom is -0.497 e. The van der Waals surface area contributed by atoms with Gasteiger partial charge in [-0.3, -0.25) is 9.36 Å². The highest BCUT2D eigenvalue weighted by Gasteiger charge is 2.19. The van der Waals surface area contributed by atoms with Gasteiger partial charge < -0.3 is 9.47 Å². The third kappa shape index (κ3) is 4.88. The van der Waals surface area contributed by atoms with E-state index in [0.29, 0.717) is 22.5 Å². The molecule has 168 valence electrons. The lowest BCUT2D eigenvalue weighted by Gasteiger charge is -2.11. The monoisotopic (exact) mass is 467 g/mol. The Labute approximate surface area is 193 Å². The second-order valence-corrected chi connectivity index (χ2v) is 7.85. The van der Waals surface area contributed by atoms with Crippen LogP contribution in [-0.2, 0) is 0 Å². The first kappa shape index (κ1) is 22.5. The van der Waals surface area contributed by atoms with E-state index in [2.05, 4.69) is 10.2 Å². The third-order valence-electron chi connectivity index (χ3n) is 4.87. The molecule has 9 heteroatoms. The number of methoxy groups -OCH3 is 2. The van der Waals surface area contributed by atoms with E-state index in [1.807, 2.05) is 53.1 Å². The molecule has 0 unspecified atom stereocenters. The van der Waals surface area contributed by atoms with E-state index < -0.39 is 11.6 Å². The number of ketones is 1. The molecule has 33 heavy (non-hydrogen) atoms. The van der Waals surface area contributed by atoms with Gasteiger partial charge in [-0.1, -0.05) is 23.9 Å². The van der Waals surface area contributed by atoms with Crippen LogP contribution in [0.4, 0.5) is 8.78 Å². The van der Waals surface area contributed by atoms with Crippen LogP contribution in [0.3, 0.4) is 0 Å². The zero-order valence-corrected chi connectivity index (χ0v) is 18.6. The molecule has 0 saturated carbocycles. The Balaban J connectivity index is 1.69. The van der Waals surface area contributed by atoms with Crippen molar-refractivity contribution < 1.29 is 23.0 Å². The van der Waals surface area contributed by atoms with Crippen LogP contribution in [0.15, 0.2) is 71.9 Å². The van der Waals surface area contributed by atoms with E-state index in [1.165, 1.54) is 6.07 Å². The minimum atomic E-state index is -1.06. The second-order valence-electron chi connectivity index (χ2n) is 6.91. The van der Waals surface area contributed by atoms with Crippen LogP contribution in [0.5, 0.6) is 11.5 Å². The van der Waals surface area contributed by atoms with Crippen LogP contribution in [0.25, 0.3) is 17.1 Å². The van der Waals surface area contributed by atoms with Crippen LogP contribution in [0.2, 0.25) is 0 Å². The lowest BCUT2D eigenvalue weighted by molar-refractivity contribution is 0.102. The summed E-state index contributed by atoms with van der Waals surface area (Å²) in [6, 6.07) is 17.8. The molecule has 0 aliphatic carbocycles. The largest absolute Gasteiger partial charge is 0.497 e. The van der Waals surface area contributed by atoms with E-state index in [4.69, 9.17) is 9.47 Å². The third-order valence-corrected chi connectivity index (χ3v) is 5.79. The van der Waals surface area contributed by atoms with E-state index in [1.54, 1.807) is 14.2 Å². The van der Waals surface area contributed by atoms with Crippen molar-refractivity contribution in [1.82, 2.24) is 14.8 Å². The molecular weight excluding hydrogens is 448 g/mol. The fraction of sp³-hybridized carbons (Fsp3) is 0.125. The Kier molecular flexibility index (Phi) is 6.69. The Bertz CT molecular complexity index is 1290. The number of hydrogen-bond donors (Lipinski definition) is 0. The lowest BCUT2D eigenvalue weighted by atomic mass is 10.1. The maximum Gasteiger partial charge on any atom is 0.196 e. The fourth-order valence-corrected chi connectivity index (χ4v) is 4.01. The number of ether oxygens (including phenoxy) is 2. The number of rotatable bonds is 8. The predicted octanol–water partition coefficient (Wildman–Crippen LogP) is 5.20. The summed E-state index contributed by atoms with van der Waals surface area (Å²) in [5, 5.41) is 9.09. The second kappa shape index (κ2) is 9.83. The highest BCUT2D eigenvalue weighted by atomic mass is 32.2. The van der Waals surface area contributed by atoms with Crippen molar-refractivity contribution in [3.8, 4) is 28.6 Å². The average molecular weight is 467 g/mol. The summed E-state index contributed by atoms with van der Waals surface area (Å²) in [5.74, 6) is -0.531. The number of thioether (sulfide) groups is 1. The molecule has 1 aromatic heterocycles. The van der Waals surface area contributed by atoms with Crippen molar-refractivity contribution in [3.63, 3.8) is 0 Å². The number of halogens is 2. The van der Waals surface area contributed by atoms with Crippen molar-refractivity contribution in [3.05, 3.63) is 83.9 Å². The summed E-state index contributed by atoms with van der Waals surface area (Å²) < 4.78 is 39.1. The smallest absolute Gasteiger partial charge is 0.196 e. The summed E-state index contributed by atoms with van der Waals surface area (Å²) in [4.78, 5) is 12.6. The van der Waals surface area contributed by atoms with Gasteiger partial charge in [0.05, 0.1) is 20.0 Å². The normalized spacial score (nSPS) is 10.8. The van der Waals surface area contributed by atoms with Gasteiger partial charge in [-0.2, -0.15) is 0 Å². The van der Waals surface area contributed by atoms with E-state index in [-0.39, 0.29) is 17.1 Å². The Morgan fingerprint density at radius 1 is 0.909 bits per heavy atom. The summed E-state index contributed by atoms with van der Waals surface area (Å²) in [5.41, 5.74) is 1.63. The summed E-state index contributed by atoms with van der Waals surface area (Å²) in [6.07, 6.45) is 0. The van der Waals surface area contributed by atoms with Crippen molar-refractivity contribution >= 4 is 17.5 Å². The van der Waals surface area contributed by atoms with Gasteiger partial charge in [-0.25, -0.2) is 8.78 Å².